The normalized spacial score (nSPS) is 14.8. The molecule has 0 atom stereocenters. The Labute approximate surface area is 155 Å². The number of unbranched alkanes of at least 4 members (excludes halogenated alkanes) is 1. The molecule has 0 bridgehead atoms. The summed E-state index contributed by atoms with van der Waals surface area (Å²) in [4.78, 5) is 25.5. The van der Waals surface area contributed by atoms with Gasteiger partial charge in [0.2, 0.25) is 5.91 Å². The van der Waals surface area contributed by atoms with E-state index in [2.05, 4.69) is 17.4 Å². The number of carbonyl (C=O) groups is 2. The highest BCUT2D eigenvalue weighted by atomic mass is 16.6. The first-order valence-electron chi connectivity index (χ1n) is 9.46. The molecule has 1 saturated heterocycles. The van der Waals surface area contributed by atoms with Crippen LogP contribution in [0.25, 0.3) is 0 Å². The maximum Gasteiger partial charge on any atom is 0.409 e. The van der Waals surface area contributed by atoms with Gasteiger partial charge in [0, 0.05) is 25.6 Å². The predicted molar refractivity (Wildman–Crippen MR) is 100 cm³/mol. The molecule has 0 spiro atoms. The molecule has 1 heterocycles. The number of nitrogens with one attached hydrogen (secondary N) is 1. The number of amides is 2. The average Bonchev–Trinajstić information content (AvgIpc) is 2.66. The zero-order chi connectivity index (χ0) is 18.8. The van der Waals surface area contributed by atoms with E-state index in [1.54, 1.807) is 18.9 Å². The average molecular weight is 362 g/mol. The number of likely N-dealkylation sites (tertiary alicyclic amines) is 1. The third-order valence-corrected chi connectivity index (χ3v) is 4.66. The van der Waals surface area contributed by atoms with Crippen LogP contribution in [0.15, 0.2) is 24.3 Å². The van der Waals surface area contributed by atoms with Crippen LogP contribution in [0.5, 0.6) is 5.75 Å². The van der Waals surface area contributed by atoms with Crippen LogP contribution < -0.4 is 10.1 Å². The Morgan fingerprint density at radius 1 is 1.15 bits per heavy atom. The van der Waals surface area contributed by atoms with Gasteiger partial charge >= 0.3 is 6.09 Å². The molecule has 0 radical (unpaired) electrons. The zero-order valence-electron chi connectivity index (χ0n) is 15.8. The van der Waals surface area contributed by atoms with E-state index in [0.29, 0.717) is 26.1 Å². The fraction of sp³-hybridized carbons (Fsp3) is 0.600. The van der Waals surface area contributed by atoms with Crippen molar-refractivity contribution in [3.63, 3.8) is 0 Å². The zero-order valence-corrected chi connectivity index (χ0v) is 15.8. The van der Waals surface area contributed by atoms with E-state index in [0.717, 1.165) is 37.9 Å². The van der Waals surface area contributed by atoms with Gasteiger partial charge in [0.1, 0.15) is 5.75 Å². The smallest absolute Gasteiger partial charge is 0.409 e. The molecular weight excluding hydrogens is 332 g/mol. The number of nitrogens with zero attached hydrogens (tertiary/aromatic N) is 1. The highest BCUT2D eigenvalue weighted by Gasteiger charge is 2.24. The van der Waals surface area contributed by atoms with Crippen LogP contribution in [0.2, 0.25) is 0 Å². The quantitative estimate of drug-likeness (QED) is 0.722. The maximum absolute atomic E-state index is 12.1. The van der Waals surface area contributed by atoms with Crippen molar-refractivity contribution < 1.29 is 19.1 Å². The summed E-state index contributed by atoms with van der Waals surface area (Å²) in [6.45, 7) is 3.48. The number of carbonyl (C=O) groups excluding carboxylic acids is 2. The second-order valence-corrected chi connectivity index (χ2v) is 6.58. The van der Waals surface area contributed by atoms with Crippen molar-refractivity contribution in [1.82, 2.24) is 10.2 Å². The monoisotopic (exact) mass is 362 g/mol. The van der Waals surface area contributed by atoms with Crippen molar-refractivity contribution >= 4 is 12.0 Å². The Bertz CT molecular complexity index is 566. The Hall–Kier alpha value is -2.24. The molecule has 0 aromatic heterocycles. The summed E-state index contributed by atoms with van der Waals surface area (Å²) in [6.07, 6.45) is 4.70. The molecule has 6 nitrogen and oxygen atoms in total. The number of aryl methyl sites for hydroxylation is 1. The molecule has 0 saturated carbocycles. The van der Waals surface area contributed by atoms with Crippen LogP contribution in [0.1, 0.15) is 44.6 Å². The van der Waals surface area contributed by atoms with Gasteiger partial charge in [-0.15, -0.1) is 0 Å². The van der Waals surface area contributed by atoms with Crippen LogP contribution in [0, 0.1) is 0 Å². The van der Waals surface area contributed by atoms with E-state index >= 15 is 0 Å². The van der Waals surface area contributed by atoms with Crippen molar-refractivity contribution in [3.8, 4) is 5.75 Å². The van der Waals surface area contributed by atoms with Crippen molar-refractivity contribution in [2.24, 2.45) is 0 Å². The van der Waals surface area contributed by atoms with Gasteiger partial charge in [0.25, 0.3) is 0 Å². The lowest BCUT2D eigenvalue weighted by Gasteiger charge is -2.31. The number of benzene rings is 1. The summed E-state index contributed by atoms with van der Waals surface area (Å²) < 4.78 is 10.2. The minimum atomic E-state index is -0.254. The Kier molecular flexibility index (Phi) is 8.25. The number of piperidine rings is 1. The molecule has 0 unspecified atom stereocenters. The molecule has 26 heavy (non-hydrogen) atoms. The fourth-order valence-corrected chi connectivity index (χ4v) is 3.13. The van der Waals surface area contributed by atoms with Crippen LogP contribution >= 0.6 is 0 Å². The van der Waals surface area contributed by atoms with Gasteiger partial charge in [-0.3, -0.25) is 4.79 Å². The summed E-state index contributed by atoms with van der Waals surface area (Å²) in [5.74, 6) is 0.969. The van der Waals surface area contributed by atoms with Gasteiger partial charge in [-0.05, 0) is 56.7 Å². The molecule has 1 aromatic rings. The van der Waals surface area contributed by atoms with Gasteiger partial charge in [0.15, 0.2) is 0 Å². The second kappa shape index (κ2) is 10.7. The highest BCUT2D eigenvalue weighted by molar-refractivity contribution is 5.76. The van der Waals surface area contributed by atoms with E-state index in [1.807, 2.05) is 12.1 Å². The number of methoxy groups -OCH3 is 1. The first-order valence-corrected chi connectivity index (χ1v) is 9.46. The van der Waals surface area contributed by atoms with Crippen molar-refractivity contribution in [2.45, 2.75) is 51.5 Å². The van der Waals surface area contributed by atoms with Gasteiger partial charge < -0.3 is 19.7 Å². The molecule has 1 aliphatic rings. The second-order valence-electron chi connectivity index (χ2n) is 6.58. The SMILES string of the molecule is CCOC(=O)N1CCC(NC(=O)CCCCc2ccc(OC)cc2)CC1. The lowest BCUT2D eigenvalue weighted by molar-refractivity contribution is -0.122. The van der Waals surface area contributed by atoms with Crippen LogP contribution in [-0.4, -0.2) is 49.7 Å². The minimum Gasteiger partial charge on any atom is -0.497 e. The Balaban J connectivity index is 1.58. The van der Waals surface area contributed by atoms with Crippen molar-refractivity contribution in [3.05, 3.63) is 29.8 Å². The summed E-state index contributed by atoms with van der Waals surface area (Å²) in [6, 6.07) is 8.22. The first-order chi connectivity index (χ1) is 12.6. The third kappa shape index (κ3) is 6.58. The van der Waals surface area contributed by atoms with Gasteiger partial charge in [-0.1, -0.05) is 12.1 Å². The van der Waals surface area contributed by atoms with Crippen molar-refractivity contribution in [2.75, 3.05) is 26.8 Å². The lowest BCUT2D eigenvalue weighted by atomic mass is 10.0. The molecule has 1 aromatic carbocycles. The molecular formula is C20H30N2O4. The van der Waals surface area contributed by atoms with Gasteiger partial charge in [0.05, 0.1) is 13.7 Å². The van der Waals surface area contributed by atoms with Gasteiger partial charge in [-0.25, -0.2) is 4.79 Å². The largest absolute Gasteiger partial charge is 0.497 e. The molecule has 1 aliphatic heterocycles. The van der Waals surface area contributed by atoms with Crippen LogP contribution in [-0.2, 0) is 16.0 Å². The van der Waals surface area contributed by atoms with E-state index in [9.17, 15) is 9.59 Å². The number of ether oxygens (including phenoxy) is 2. The Morgan fingerprint density at radius 3 is 2.46 bits per heavy atom. The topological polar surface area (TPSA) is 67.9 Å². The standard InChI is InChI=1S/C20H30N2O4/c1-3-26-20(24)22-14-12-17(13-15-22)21-19(23)7-5-4-6-16-8-10-18(25-2)11-9-16/h8-11,17H,3-7,12-15H2,1-2H3,(H,21,23). The number of hydrogen-bond donors (Lipinski definition) is 1. The summed E-state index contributed by atoms with van der Waals surface area (Å²) in [5.41, 5.74) is 1.26. The lowest BCUT2D eigenvalue weighted by Crippen LogP contribution is -2.46. The number of rotatable bonds is 8. The minimum absolute atomic E-state index is 0.106. The molecule has 2 rings (SSSR count). The maximum atomic E-state index is 12.1. The number of hydrogen-bond acceptors (Lipinski definition) is 4. The Morgan fingerprint density at radius 2 is 1.85 bits per heavy atom. The van der Waals surface area contributed by atoms with Crippen LogP contribution in [0.4, 0.5) is 4.79 Å². The van der Waals surface area contributed by atoms with E-state index in [1.165, 1.54) is 5.56 Å². The molecule has 1 fully saturated rings. The van der Waals surface area contributed by atoms with Crippen LogP contribution in [0.3, 0.4) is 0 Å². The molecule has 6 heteroatoms. The fourth-order valence-electron chi connectivity index (χ4n) is 3.13. The summed E-state index contributed by atoms with van der Waals surface area (Å²) >= 11 is 0. The predicted octanol–water partition coefficient (Wildman–Crippen LogP) is 3.15. The molecule has 0 aliphatic carbocycles. The molecule has 2 amide bonds. The first kappa shape index (κ1) is 20.1. The molecule has 144 valence electrons. The third-order valence-electron chi connectivity index (χ3n) is 4.66. The van der Waals surface area contributed by atoms with E-state index in [-0.39, 0.29) is 18.0 Å². The summed E-state index contributed by atoms with van der Waals surface area (Å²) in [7, 11) is 1.66. The molecule has 1 N–H and O–H groups in total. The van der Waals surface area contributed by atoms with Crippen molar-refractivity contribution in [1.29, 1.82) is 0 Å². The van der Waals surface area contributed by atoms with Gasteiger partial charge in [-0.2, -0.15) is 0 Å². The highest BCUT2D eigenvalue weighted by Crippen LogP contribution is 2.14. The summed E-state index contributed by atoms with van der Waals surface area (Å²) in [5, 5.41) is 3.09. The van der Waals surface area contributed by atoms with E-state index in [4.69, 9.17) is 9.47 Å². The van der Waals surface area contributed by atoms with E-state index < -0.39 is 0 Å².